The minimum atomic E-state index is -0.230. The van der Waals surface area contributed by atoms with Crippen LogP contribution in [0, 0.1) is 0 Å². The summed E-state index contributed by atoms with van der Waals surface area (Å²) in [4.78, 5) is 5.22. The normalized spacial score (nSPS) is 12.0. The van der Waals surface area contributed by atoms with Gasteiger partial charge in [-0.1, -0.05) is 33.2 Å². The van der Waals surface area contributed by atoms with E-state index in [0.29, 0.717) is 0 Å². The van der Waals surface area contributed by atoms with Gasteiger partial charge in [0.05, 0.1) is 6.21 Å². The van der Waals surface area contributed by atoms with Crippen LogP contribution in [0.2, 0.25) is 0 Å². The van der Waals surface area contributed by atoms with Gasteiger partial charge in [0, 0.05) is 4.47 Å². The van der Waals surface area contributed by atoms with Crippen molar-refractivity contribution in [3.63, 3.8) is 0 Å². The van der Waals surface area contributed by atoms with E-state index in [2.05, 4.69) is 21.1 Å². The first-order valence-corrected chi connectivity index (χ1v) is 5.24. The predicted molar refractivity (Wildman–Crippen MR) is 62.6 cm³/mol. The second-order valence-electron chi connectivity index (χ2n) is 3.99. The number of oxime groups is 1. The largest absolute Gasteiger partial charge is 0.390 e. The molecule has 0 aliphatic rings. The fourth-order valence-corrected chi connectivity index (χ4v) is 1.06. The van der Waals surface area contributed by atoms with Crippen molar-refractivity contribution in [2.75, 3.05) is 0 Å². The standard InChI is InChI=1S/C11H14BrNO/c1-11(2,3)14-13-8-9-4-6-10(12)7-5-9/h4-8H,1-3H3. The number of hydrogen-bond donors (Lipinski definition) is 0. The van der Waals surface area contributed by atoms with Gasteiger partial charge in [0.1, 0.15) is 5.60 Å². The van der Waals surface area contributed by atoms with Gasteiger partial charge in [-0.2, -0.15) is 0 Å². The third-order valence-electron chi connectivity index (χ3n) is 1.40. The van der Waals surface area contributed by atoms with Crippen molar-refractivity contribution in [3.05, 3.63) is 34.3 Å². The molecule has 0 aliphatic heterocycles. The van der Waals surface area contributed by atoms with Crippen molar-refractivity contribution in [1.82, 2.24) is 0 Å². The van der Waals surface area contributed by atoms with Crippen LogP contribution in [-0.4, -0.2) is 11.8 Å². The Morgan fingerprint density at radius 2 is 1.79 bits per heavy atom. The molecule has 0 amide bonds. The molecule has 0 radical (unpaired) electrons. The van der Waals surface area contributed by atoms with Gasteiger partial charge in [0.15, 0.2) is 0 Å². The van der Waals surface area contributed by atoms with E-state index in [4.69, 9.17) is 4.84 Å². The van der Waals surface area contributed by atoms with Crippen LogP contribution in [0.5, 0.6) is 0 Å². The summed E-state index contributed by atoms with van der Waals surface area (Å²) in [6.45, 7) is 5.89. The zero-order chi connectivity index (χ0) is 10.6. The molecule has 76 valence electrons. The van der Waals surface area contributed by atoms with Gasteiger partial charge >= 0.3 is 0 Å². The molecule has 3 heteroatoms. The van der Waals surface area contributed by atoms with Gasteiger partial charge < -0.3 is 4.84 Å². The first kappa shape index (κ1) is 11.2. The molecule has 0 bridgehead atoms. The average Bonchev–Trinajstić information content (AvgIpc) is 2.06. The molecule has 0 spiro atoms. The highest BCUT2D eigenvalue weighted by atomic mass is 79.9. The van der Waals surface area contributed by atoms with E-state index in [9.17, 15) is 0 Å². The van der Waals surface area contributed by atoms with Crippen molar-refractivity contribution >= 4 is 22.1 Å². The maximum Gasteiger partial charge on any atom is 0.129 e. The van der Waals surface area contributed by atoms with Crippen LogP contribution in [0.25, 0.3) is 0 Å². The van der Waals surface area contributed by atoms with E-state index in [0.717, 1.165) is 10.0 Å². The number of hydrogen-bond acceptors (Lipinski definition) is 2. The van der Waals surface area contributed by atoms with Crippen molar-refractivity contribution in [2.45, 2.75) is 26.4 Å². The molecular weight excluding hydrogens is 242 g/mol. The second-order valence-corrected chi connectivity index (χ2v) is 4.91. The zero-order valence-corrected chi connectivity index (χ0v) is 10.2. The lowest BCUT2D eigenvalue weighted by molar-refractivity contribution is 0.00199. The Balaban J connectivity index is 2.57. The molecule has 0 atom stereocenters. The molecule has 2 nitrogen and oxygen atoms in total. The monoisotopic (exact) mass is 255 g/mol. The molecule has 0 aromatic heterocycles. The van der Waals surface area contributed by atoms with E-state index in [1.54, 1.807) is 6.21 Å². The first-order chi connectivity index (χ1) is 6.47. The maximum absolute atomic E-state index is 5.22. The number of nitrogens with zero attached hydrogens (tertiary/aromatic N) is 1. The Kier molecular flexibility index (Phi) is 3.69. The summed E-state index contributed by atoms with van der Waals surface area (Å²) in [5.74, 6) is 0. The Hall–Kier alpha value is -0.830. The summed E-state index contributed by atoms with van der Waals surface area (Å²) in [6, 6.07) is 7.89. The fourth-order valence-electron chi connectivity index (χ4n) is 0.794. The van der Waals surface area contributed by atoms with E-state index in [-0.39, 0.29) is 5.60 Å². The van der Waals surface area contributed by atoms with E-state index >= 15 is 0 Å². The minimum absolute atomic E-state index is 0.230. The minimum Gasteiger partial charge on any atom is -0.390 e. The Labute approximate surface area is 93.1 Å². The zero-order valence-electron chi connectivity index (χ0n) is 8.62. The Morgan fingerprint density at radius 3 is 2.29 bits per heavy atom. The highest BCUT2D eigenvalue weighted by Crippen LogP contribution is 2.10. The molecule has 0 heterocycles. The van der Waals surface area contributed by atoms with Crippen LogP contribution in [0.1, 0.15) is 26.3 Å². The summed E-state index contributed by atoms with van der Waals surface area (Å²) < 4.78 is 1.06. The van der Waals surface area contributed by atoms with Gasteiger partial charge in [-0.3, -0.25) is 0 Å². The smallest absolute Gasteiger partial charge is 0.129 e. The average molecular weight is 256 g/mol. The lowest BCUT2D eigenvalue weighted by atomic mass is 10.2. The van der Waals surface area contributed by atoms with Gasteiger partial charge in [-0.15, -0.1) is 0 Å². The van der Waals surface area contributed by atoms with Gasteiger partial charge in [0.25, 0.3) is 0 Å². The predicted octanol–water partition coefficient (Wildman–Crippen LogP) is 3.60. The molecule has 0 N–H and O–H groups in total. The lowest BCUT2D eigenvalue weighted by Crippen LogP contribution is -2.15. The van der Waals surface area contributed by atoms with Crippen molar-refractivity contribution < 1.29 is 4.84 Å². The van der Waals surface area contributed by atoms with Crippen LogP contribution in [0.3, 0.4) is 0 Å². The quantitative estimate of drug-likeness (QED) is 0.585. The van der Waals surface area contributed by atoms with Crippen LogP contribution in [0.15, 0.2) is 33.9 Å². The number of rotatable bonds is 2. The summed E-state index contributed by atoms with van der Waals surface area (Å²) in [6.07, 6.45) is 1.71. The summed E-state index contributed by atoms with van der Waals surface area (Å²) in [5.41, 5.74) is 0.795. The first-order valence-electron chi connectivity index (χ1n) is 4.44. The summed E-state index contributed by atoms with van der Waals surface area (Å²) in [5, 5.41) is 3.90. The maximum atomic E-state index is 5.22. The molecule has 1 rings (SSSR count). The third-order valence-corrected chi connectivity index (χ3v) is 1.93. The molecule has 14 heavy (non-hydrogen) atoms. The van der Waals surface area contributed by atoms with Crippen LogP contribution in [0.4, 0.5) is 0 Å². The topological polar surface area (TPSA) is 21.6 Å². The third kappa shape index (κ3) is 4.42. The highest BCUT2D eigenvalue weighted by molar-refractivity contribution is 9.10. The number of halogens is 1. The lowest BCUT2D eigenvalue weighted by Gasteiger charge is -2.14. The van der Waals surface area contributed by atoms with Crippen molar-refractivity contribution in [2.24, 2.45) is 5.16 Å². The van der Waals surface area contributed by atoms with Gasteiger partial charge in [0.2, 0.25) is 0 Å². The van der Waals surface area contributed by atoms with Crippen molar-refractivity contribution in [3.8, 4) is 0 Å². The molecule has 0 saturated carbocycles. The van der Waals surface area contributed by atoms with Gasteiger partial charge in [-0.05, 0) is 38.5 Å². The molecule has 0 aliphatic carbocycles. The SMILES string of the molecule is CC(C)(C)ON=Cc1ccc(Br)cc1. The highest BCUT2D eigenvalue weighted by Gasteiger charge is 2.08. The Bertz CT molecular complexity index is 311. The van der Waals surface area contributed by atoms with E-state index in [1.165, 1.54) is 0 Å². The molecule has 1 aromatic carbocycles. The van der Waals surface area contributed by atoms with E-state index in [1.807, 2.05) is 45.0 Å². The van der Waals surface area contributed by atoms with Crippen LogP contribution in [-0.2, 0) is 4.84 Å². The number of benzene rings is 1. The molecular formula is C11H14BrNO. The molecule has 0 fully saturated rings. The summed E-state index contributed by atoms with van der Waals surface area (Å²) in [7, 11) is 0. The van der Waals surface area contributed by atoms with Crippen molar-refractivity contribution in [1.29, 1.82) is 0 Å². The fraction of sp³-hybridized carbons (Fsp3) is 0.364. The van der Waals surface area contributed by atoms with Gasteiger partial charge in [-0.25, -0.2) is 0 Å². The molecule has 1 aromatic rings. The summed E-state index contributed by atoms with van der Waals surface area (Å²) >= 11 is 3.37. The Morgan fingerprint density at radius 1 is 1.21 bits per heavy atom. The van der Waals surface area contributed by atoms with Crippen LogP contribution < -0.4 is 0 Å². The molecule has 0 saturated heterocycles. The van der Waals surface area contributed by atoms with Crippen LogP contribution >= 0.6 is 15.9 Å². The van der Waals surface area contributed by atoms with E-state index < -0.39 is 0 Å². The second kappa shape index (κ2) is 4.60. The molecule has 0 unspecified atom stereocenters.